The second-order valence-corrected chi connectivity index (χ2v) is 4.15. The molecule has 0 aliphatic carbocycles. The number of ether oxygens (including phenoxy) is 1. The number of methoxy groups -OCH3 is 1. The first kappa shape index (κ1) is 12.2. The van der Waals surface area contributed by atoms with Gasteiger partial charge in [0.15, 0.2) is 5.65 Å². The van der Waals surface area contributed by atoms with E-state index in [1.54, 1.807) is 31.5 Å². The number of pyridine rings is 1. The van der Waals surface area contributed by atoms with Crippen LogP contribution in [0.3, 0.4) is 0 Å². The molecule has 1 amide bonds. The molecule has 6 nitrogen and oxygen atoms in total. The number of nitrogens with one attached hydrogen (secondary N) is 2. The number of carbonyl (C=O) groups excluding carboxylic acids is 1. The highest BCUT2D eigenvalue weighted by molar-refractivity contribution is 6.10. The lowest BCUT2D eigenvalue weighted by molar-refractivity contribution is 0.102. The Morgan fingerprint density at radius 2 is 2.20 bits per heavy atom. The normalized spacial score (nSPS) is 10.4. The summed E-state index contributed by atoms with van der Waals surface area (Å²) in [5.41, 5.74) is 2.30. The highest BCUT2D eigenvalue weighted by atomic mass is 16.5. The molecule has 0 spiro atoms. The number of H-pyrrole nitrogens is 1. The third kappa shape index (κ3) is 2.18. The Labute approximate surface area is 114 Å². The molecular weight excluding hydrogens is 256 g/mol. The predicted molar refractivity (Wildman–Crippen MR) is 74.8 cm³/mol. The Bertz CT molecular complexity index is 766. The fraction of sp³-hybridized carbons (Fsp3) is 0.0714. The van der Waals surface area contributed by atoms with Crippen LogP contribution in [0.2, 0.25) is 0 Å². The van der Waals surface area contributed by atoms with Gasteiger partial charge >= 0.3 is 0 Å². The zero-order valence-corrected chi connectivity index (χ0v) is 10.8. The molecule has 1 aromatic carbocycles. The smallest absolute Gasteiger partial charge is 0.257 e. The van der Waals surface area contributed by atoms with Gasteiger partial charge in [-0.25, -0.2) is 9.97 Å². The number of aromatic amines is 1. The minimum atomic E-state index is -0.227. The van der Waals surface area contributed by atoms with Gasteiger partial charge < -0.3 is 15.0 Å². The molecule has 100 valence electrons. The Hall–Kier alpha value is -2.89. The molecule has 20 heavy (non-hydrogen) atoms. The first-order valence-corrected chi connectivity index (χ1v) is 6.01. The van der Waals surface area contributed by atoms with Crippen molar-refractivity contribution in [1.29, 1.82) is 0 Å². The topological polar surface area (TPSA) is 79.9 Å². The molecule has 2 heterocycles. The maximum Gasteiger partial charge on any atom is 0.257 e. The van der Waals surface area contributed by atoms with Crippen LogP contribution in [0, 0.1) is 0 Å². The van der Waals surface area contributed by atoms with Crippen LogP contribution in [0.4, 0.5) is 5.69 Å². The number of fused-ring (bicyclic) bond motifs is 1. The molecule has 0 radical (unpaired) electrons. The van der Waals surface area contributed by atoms with Crippen molar-refractivity contribution in [2.75, 3.05) is 12.4 Å². The average molecular weight is 268 g/mol. The average Bonchev–Trinajstić information content (AvgIpc) is 2.95. The van der Waals surface area contributed by atoms with Gasteiger partial charge in [0.25, 0.3) is 5.91 Å². The summed E-state index contributed by atoms with van der Waals surface area (Å²) in [6, 6.07) is 8.83. The molecule has 6 heteroatoms. The van der Waals surface area contributed by atoms with E-state index in [1.165, 1.54) is 6.33 Å². The number of amides is 1. The van der Waals surface area contributed by atoms with Gasteiger partial charge in [0.2, 0.25) is 0 Å². The van der Waals surface area contributed by atoms with Crippen LogP contribution in [-0.4, -0.2) is 28.0 Å². The highest BCUT2D eigenvalue weighted by Gasteiger charge is 2.12. The van der Waals surface area contributed by atoms with Gasteiger partial charge in [0, 0.05) is 18.0 Å². The molecule has 0 atom stereocenters. The van der Waals surface area contributed by atoms with Crippen molar-refractivity contribution in [1.82, 2.24) is 15.0 Å². The van der Waals surface area contributed by atoms with E-state index in [1.807, 2.05) is 12.1 Å². The summed E-state index contributed by atoms with van der Waals surface area (Å²) in [4.78, 5) is 23.3. The summed E-state index contributed by atoms with van der Waals surface area (Å²) in [7, 11) is 1.58. The lowest BCUT2D eigenvalue weighted by atomic mass is 10.2. The van der Waals surface area contributed by atoms with Crippen LogP contribution in [-0.2, 0) is 0 Å². The summed E-state index contributed by atoms with van der Waals surface area (Å²) in [6.07, 6.45) is 3.07. The van der Waals surface area contributed by atoms with Crippen LogP contribution in [0.1, 0.15) is 10.4 Å². The van der Waals surface area contributed by atoms with Crippen LogP contribution < -0.4 is 10.1 Å². The molecule has 0 saturated heterocycles. The molecule has 0 aliphatic heterocycles. The largest absolute Gasteiger partial charge is 0.497 e. The summed E-state index contributed by atoms with van der Waals surface area (Å²) in [5.74, 6) is 0.458. The van der Waals surface area contributed by atoms with Crippen molar-refractivity contribution in [2.45, 2.75) is 0 Å². The number of nitrogens with zero attached hydrogens (tertiary/aromatic N) is 2. The van der Waals surface area contributed by atoms with Crippen LogP contribution in [0.25, 0.3) is 11.2 Å². The Balaban J connectivity index is 1.91. The van der Waals surface area contributed by atoms with Crippen LogP contribution in [0.5, 0.6) is 5.75 Å². The zero-order valence-electron chi connectivity index (χ0n) is 10.8. The SMILES string of the molecule is COc1cccc(NC(=O)c2ccnc3nc[nH]c23)c1. The van der Waals surface area contributed by atoms with Crippen molar-refractivity contribution in [2.24, 2.45) is 0 Å². The van der Waals surface area contributed by atoms with E-state index < -0.39 is 0 Å². The Morgan fingerprint density at radius 1 is 1.30 bits per heavy atom. The zero-order chi connectivity index (χ0) is 13.9. The second kappa shape index (κ2) is 5.00. The van der Waals surface area contributed by atoms with Gasteiger partial charge in [-0.3, -0.25) is 4.79 Å². The van der Waals surface area contributed by atoms with Crippen molar-refractivity contribution in [3.8, 4) is 5.75 Å². The van der Waals surface area contributed by atoms with E-state index >= 15 is 0 Å². The van der Waals surface area contributed by atoms with Crippen molar-refractivity contribution in [3.63, 3.8) is 0 Å². The van der Waals surface area contributed by atoms with Crippen LogP contribution in [0.15, 0.2) is 42.9 Å². The second-order valence-electron chi connectivity index (χ2n) is 4.15. The third-order valence-electron chi connectivity index (χ3n) is 2.90. The van der Waals surface area contributed by atoms with E-state index in [9.17, 15) is 4.79 Å². The van der Waals surface area contributed by atoms with E-state index in [-0.39, 0.29) is 5.91 Å². The number of anilines is 1. The molecule has 2 N–H and O–H groups in total. The first-order chi connectivity index (χ1) is 9.78. The number of carbonyl (C=O) groups is 1. The third-order valence-corrected chi connectivity index (χ3v) is 2.90. The van der Waals surface area contributed by atoms with E-state index in [0.717, 1.165) is 0 Å². The minimum Gasteiger partial charge on any atom is -0.497 e. The molecule has 0 saturated carbocycles. The number of imidazole rings is 1. The molecule has 3 rings (SSSR count). The molecule has 0 aliphatic rings. The lowest BCUT2D eigenvalue weighted by Crippen LogP contribution is -2.12. The summed E-state index contributed by atoms with van der Waals surface area (Å²) in [5, 5.41) is 2.82. The summed E-state index contributed by atoms with van der Waals surface area (Å²) < 4.78 is 5.12. The number of hydrogen-bond acceptors (Lipinski definition) is 4. The van der Waals surface area contributed by atoms with Gasteiger partial charge in [0.05, 0.1) is 24.5 Å². The predicted octanol–water partition coefficient (Wildman–Crippen LogP) is 2.22. The molecule has 0 unspecified atom stereocenters. The van der Waals surface area contributed by atoms with Crippen molar-refractivity contribution < 1.29 is 9.53 Å². The summed E-state index contributed by atoms with van der Waals surface area (Å²) in [6.45, 7) is 0. The van der Waals surface area contributed by atoms with Crippen molar-refractivity contribution in [3.05, 3.63) is 48.4 Å². The Kier molecular flexibility index (Phi) is 3.04. The summed E-state index contributed by atoms with van der Waals surface area (Å²) >= 11 is 0. The molecule has 2 aromatic heterocycles. The maximum absolute atomic E-state index is 12.3. The molecule has 3 aromatic rings. The molecular formula is C14H12N4O2. The van der Waals surface area contributed by atoms with Gasteiger partial charge in [-0.15, -0.1) is 0 Å². The number of benzene rings is 1. The fourth-order valence-corrected chi connectivity index (χ4v) is 1.94. The number of aromatic nitrogens is 3. The monoisotopic (exact) mass is 268 g/mol. The quantitative estimate of drug-likeness (QED) is 0.763. The maximum atomic E-state index is 12.3. The highest BCUT2D eigenvalue weighted by Crippen LogP contribution is 2.19. The van der Waals surface area contributed by atoms with E-state index in [2.05, 4.69) is 20.3 Å². The first-order valence-electron chi connectivity index (χ1n) is 6.01. The Morgan fingerprint density at radius 3 is 3.05 bits per heavy atom. The number of hydrogen-bond donors (Lipinski definition) is 2. The fourth-order valence-electron chi connectivity index (χ4n) is 1.94. The lowest BCUT2D eigenvalue weighted by Gasteiger charge is -2.07. The minimum absolute atomic E-state index is 0.227. The standard InChI is InChI=1S/C14H12N4O2/c1-20-10-4-2-3-9(7-10)18-14(19)11-5-6-15-13-12(11)16-8-17-13/h2-8H,1H3,(H,18,19)(H,15,16,17). The van der Waals surface area contributed by atoms with Crippen LogP contribution >= 0.6 is 0 Å². The van der Waals surface area contributed by atoms with E-state index in [4.69, 9.17) is 4.74 Å². The van der Waals surface area contributed by atoms with E-state index in [0.29, 0.717) is 28.2 Å². The van der Waals surface area contributed by atoms with Crippen molar-refractivity contribution >= 4 is 22.8 Å². The van der Waals surface area contributed by atoms with Gasteiger partial charge in [-0.2, -0.15) is 0 Å². The molecule has 0 fully saturated rings. The van der Waals surface area contributed by atoms with Gasteiger partial charge in [0.1, 0.15) is 5.75 Å². The number of rotatable bonds is 3. The molecule has 0 bridgehead atoms. The van der Waals surface area contributed by atoms with Gasteiger partial charge in [-0.1, -0.05) is 6.07 Å². The van der Waals surface area contributed by atoms with Gasteiger partial charge in [-0.05, 0) is 18.2 Å².